The molecule has 11 heteroatoms. The van der Waals surface area contributed by atoms with Crippen LogP contribution in [0.15, 0.2) is 55.0 Å². The zero-order chi connectivity index (χ0) is 25.6. The standard InChI is InChI=1S/C26H26F3N7O/c27-26(28,29)23-15-20(4-8-30-23)35-9-5-18-14-19(2-3-22(18)35)36-17-21(16-24(36)37)33-10-12-34(13-11-33)25-31-6-1-7-32-25/h1-4,6-8,14-15,21H,5,9-13,16-17H2. The molecule has 5 heterocycles. The molecular weight excluding hydrogens is 483 g/mol. The van der Waals surface area contributed by atoms with Gasteiger partial charge in [-0.05, 0) is 48.4 Å². The van der Waals surface area contributed by atoms with E-state index in [4.69, 9.17) is 0 Å². The third-order valence-corrected chi connectivity index (χ3v) is 7.39. The van der Waals surface area contributed by atoms with E-state index < -0.39 is 11.9 Å². The van der Waals surface area contributed by atoms with Crippen LogP contribution in [0.4, 0.5) is 36.2 Å². The average Bonchev–Trinajstić information content (AvgIpc) is 3.52. The maximum Gasteiger partial charge on any atom is 0.433 e. The number of rotatable bonds is 4. The number of pyridine rings is 1. The highest BCUT2D eigenvalue weighted by atomic mass is 19.4. The number of hydrogen-bond donors (Lipinski definition) is 0. The van der Waals surface area contributed by atoms with E-state index in [-0.39, 0.29) is 11.9 Å². The molecule has 1 unspecified atom stereocenters. The summed E-state index contributed by atoms with van der Waals surface area (Å²) < 4.78 is 39.4. The van der Waals surface area contributed by atoms with Crippen molar-refractivity contribution in [2.45, 2.75) is 25.1 Å². The number of fused-ring (bicyclic) bond motifs is 1. The van der Waals surface area contributed by atoms with Crippen LogP contribution in [0.5, 0.6) is 0 Å². The summed E-state index contributed by atoms with van der Waals surface area (Å²) in [5, 5.41) is 0. The van der Waals surface area contributed by atoms with Crippen LogP contribution in [0.2, 0.25) is 0 Å². The molecule has 8 nitrogen and oxygen atoms in total. The summed E-state index contributed by atoms with van der Waals surface area (Å²) in [5.41, 5.74) is 2.29. The molecule has 1 atom stereocenters. The van der Waals surface area contributed by atoms with Gasteiger partial charge in [0.05, 0.1) is 0 Å². The van der Waals surface area contributed by atoms with Gasteiger partial charge in [-0.15, -0.1) is 0 Å². The molecule has 1 amide bonds. The van der Waals surface area contributed by atoms with Gasteiger partial charge in [0.1, 0.15) is 5.69 Å². The Hall–Kier alpha value is -3.73. The number of aromatic nitrogens is 3. The van der Waals surface area contributed by atoms with Crippen molar-refractivity contribution in [1.29, 1.82) is 0 Å². The second kappa shape index (κ2) is 9.29. The highest BCUT2D eigenvalue weighted by Crippen LogP contribution is 2.39. The van der Waals surface area contributed by atoms with Crippen molar-refractivity contribution in [2.75, 3.05) is 54.0 Å². The fourth-order valence-corrected chi connectivity index (χ4v) is 5.49. The first-order valence-electron chi connectivity index (χ1n) is 12.4. The van der Waals surface area contributed by atoms with Gasteiger partial charge in [-0.1, -0.05) is 0 Å². The average molecular weight is 510 g/mol. The monoisotopic (exact) mass is 509 g/mol. The predicted molar refractivity (Wildman–Crippen MR) is 133 cm³/mol. The minimum Gasteiger partial charge on any atom is -0.341 e. The molecular formula is C26H26F3N7O. The molecule has 0 spiro atoms. The number of nitrogens with zero attached hydrogens (tertiary/aromatic N) is 7. The number of benzene rings is 1. The quantitative estimate of drug-likeness (QED) is 0.533. The first-order chi connectivity index (χ1) is 17.9. The van der Waals surface area contributed by atoms with E-state index >= 15 is 0 Å². The van der Waals surface area contributed by atoms with Crippen LogP contribution in [-0.2, 0) is 17.4 Å². The van der Waals surface area contributed by atoms with E-state index in [1.165, 1.54) is 6.20 Å². The van der Waals surface area contributed by atoms with Crippen molar-refractivity contribution in [3.05, 3.63) is 66.2 Å². The maximum atomic E-state index is 13.1. The molecule has 3 aromatic rings. The summed E-state index contributed by atoms with van der Waals surface area (Å²) in [4.78, 5) is 33.4. The molecule has 1 aromatic carbocycles. The summed E-state index contributed by atoms with van der Waals surface area (Å²) >= 11 is 0. The maximum absolute atomic E-state index is 13.1. The second-order valence-corrected chi connectivity index (χ2v) is 9.55. The first kappa shape index (κ1) is 23.7. The Balaban J connectivity index is 1.13. The first-order valence-corrected chi connectivity index (χ1v) is 12.4. The van der Waals surface area contributed by atoms with Gasteiger partial charge >= 0.3 is 6.18 Å². The number of anilines is 4. The molecule has 3 aliphatic rings. The highest BCUT2D eigenvalue weighted by molar-refractivity contribution is 5.96. The number of hydrogen-bond acceptors (Lipinski definition) is 7. The van der Waals surface area contributed by atoms with E-state index in [2.05, 4.69) is 24.8 Å². The summed E-state index contributed by atoms with van der Waals surface area (Å²) in [7, 11) is 0. The van der Waals surface area contributed by atoms with Crippen molar-refractivity contribution >= 4 is 28.9 Å². The zero-order valence-corrected chi connectivity index (χ0v) is 20.1. The normalized spacial score (nSPS) is 20.6. The fraction of sp³-hybridized carbons (Fsp3) is 0.385. The molecule has 0 saturated carbocycles. The van der Waals surface area contributed by atoms with E-state index in [9.17, 15) is 18.0 Å². The van der Waals surface area contributed by atoms with Crippen LogP contribution in [0.3, 0.4) is 0 Å². The molecule has 0 radical (unpaired) electrons. The lowest BCUT2D eigenvalue weighted by Crippen LogP contribution is -2.51. The molecule has 2 fully saturated rings. The highest BCUT2D eigenvalue weighted by Gasteiger charge is 2.37. The van der Waals surface area contributed by atoms with Gasteiger partial charge in [0.25, 0.3) is 0 Å². The number of amides is 1. The van der Waals surface area contributed by atoms with Crippen LogP contribution >= 0.6 is 0 Å². The number of piperazine rings is 1. The van der Waals surface area contributed by atoms with Crippen LogP contribution in [0, 0.1) is 0 Å². The molecule has 2 saturated heterocycles. The van der Waals surface area contributed by atoms with Crippen molar-refractivity contribution in [2.24, 2.45) is 0 Å². The Labute approximate surface area is 212 Å². The third-order valence-electron chi connectivity index (χ3n) is 7.39. The number of carbonyl (C=O) groups excluding carboxylic acids is 1. The molecule has 0 N–H and O–H groups in total. The van der Waals surface area contributed by atoms with E-state index in [0.29, 0.717) is 31.6 Å². The predicted octanol–water partition coefficient (Wildman–Crippen LogP) is 3.51. The summed E-state index contributed by atoms with van der Waals surface area (Å²) in [6, 6.07) is 10.4. The molecule has 0 bridgehead atoms. The molecule has 3 aliphatic heterocycles. The van der Waals surface area contributed by atoms with Crippen LogP contribution in [0.25, 0.3) is 0 Å². The minimum absolute atomic E-state index is 0.0950. The zero-order valence-electron chi connectivity index (χ0n) is 20.1. The minimum atomic E-state index is -4.49. The van der Waals surface area contributed by atoms with Gasteiger partial charge in [0, 0.05) is 87.4 Å². The van der Waals surface area contributed by atoms with Crippen molar-refractivity contribution in [1.82, 2.24) is 19.9 Å². The van der Waals surface area contributed by atoms with Gasteiger partial charge in [-0.3, -0.25) is 14.7 Å². The van der Waals surface area contributed by atoms with Crippen LogP contribution < -0.4 is 14.7 Å². The smallest absolute Gasteiger partial charge is 0.341 e. The van der Waals surface area contributed by atoms with E-state index in [1.807, 2.05) is 28.0 Å². The van der Waals surface area contributed by atoms with Gasteiger partial charge in [-0.2, -0.15) is 13.2 Å². The molecule has 37 heavy (non-hydrogen) atoms. The largest absolute Gasteiger partial charge is 0.433 e. The van der Waals surface area contributed by atoms with E-state index in [1.54, 1.807) is 24.5 Å². The Morgan fingerprint density at radius 3 is 2.35 bits per heavy atom. The molecule has 6 rings (SSSR count). The van der Waals surface area contributed by atoms with Gasteiger partial charge in [0.2, 0.25) is 11.9 Å². The number of carbonyl (C=O) groups is 1. The second-order valence-electron chi connectivity index (χ2n) is 9.55. The molecule has 2 aromatic heterocycles. The Kier molecular flexibility index (Phi) is 5.94. The number of alkyl halides is 3. The molecule has 192 valence electrons. The van der Waals surface area contributed by atoms with Crippen molar-refractivity contribution in [3.8, 4) is 0 Å². The SMILES string of the molecule is O=C1CC(N2CCN(c3ncccn3)CC2)CN1c1ccc2c(c1)CCN2c1ccnc(C(F)(F)F)c1. The van der Waals surface area contributed by atoms with Crippen molar-refractivity contribution in [3.63, 3.8) is 0 Å². The lowest BCUT2D eigenvalue weighted by atomic mass is 10.1. The topological polar surface area (TPSA) is 68.7 Å². The molecule has 0 aliphatic carbocycles. The summed E-state index contributed by atoms with van der Waals surface area (Å²) in [5.74, 6) is 0.831. The summed E-state index contributed by atoms with van der Waals surface area (Å²) in [6.45, 7) is 4.52. The lowest BCUT2D eigenvalue weighted by Gasteiger charge is -2.37. The van der Waals surface area contributed by atoms with Gasteiger partial charge in [0.15, 0.2) is 0 Å². The lowest BCUT2D eigenvalue weighted by molar-refractivity contribution is -0.141. The van der Waals surface area contributed by atoms with Gasteiger partial charge in [-0.25, -0.2) is 9.97 Å². The Morgan fingerprint density at radius 1 is 0.838 bits per heavy atom. The Morgan fingerprint density at radius 2 is 1.59 bits per heavy atom. The van der Waals surface area contributed by atoms with Gasteiger partial charge < -0.3 is 14.7 Å². The van der Waals surface area contributed by atoms with Crippen LogP contribution in [0.1, 0.15) is 17.7 Å². The van der Waals surface area contributed by atoms with Crippen LogP contribution in [-0.4, -0.2) is 71.1 Å². The summed E-state index contributed by atoms with van der Waals surface area (Å²) in [6.07, 6.45) is 1.37. The Bertz CT molecular complexity index is 1290. The fourth-order valence-electron chi connectivity index (χ4n) is 5.49. The third kappa shape index (κ3) is 4.59. The number of halogens is 3. The van der Waals surface area contributed by atoms with Crippen molar-refractivity contribution < 1.29 is 18.0 Å². The van der Waals surface area contributed by atoms with E-state index in [0.717, 1.165) is 55.1 Å².